The number of ether oxygens (including phenoxy) is 7. The van der Waals surface area contributed by atoms with Gasteiger partial charge in [-0.25, -0.2) is 13.1 Å². The molecule has 0 aliphatic carbocycles. The maximum absolute atomic E-state index is 15.7. The Bertz CT molecular complexity index is 3050. The van der Waals surface area contributed by atoms with Gasteiger partial charge in [0.15, 0.2) is 28.8 Å². The van der Waals surface area contributed by atoms with Crippen molar-refractivity contribution in [3.8, 4) is 34.4 Å². The van der Waals surface area contributed by atoms with Crippen LogP contribution in [-0.2, 0) is 44.2 Å². The lowest BCUT2D eigenvalue weighted by Gasteiger charge is -2.49. The molecule has 5 heterocycles. The first kappa shape index (κ1) is 53.5. The first-order chi connectivity index (χ1) is 36.3. The molecule has 18 heteroatoms. The molecule has 1 amide bonds. The largest absolute Gasteiger partial charge is 0.497 e. The number of nitrogens with zero attached hydrogens (tertiary/aromatic N) is 5. The maximum atomic E-state index is 15.7. The molecule has 4 aliphatic rings. The third kappa shape index (κ3) is 10.5. The van der Waals surface area contributed by atoms with Gasteiger partial charge in [0.2, 0.25) is 16.3 Å². The molecule has 0 radical (unpaired) electrons. The fraction of sp³-hybridized carbons (Fsp3) is 0.474. The number of hydrogen-bond donors (Lipinski definition) is 1. The molecule has 4 aromatic carbocycles. The minimum Gasteiger partial charge on any atom is -0.497 e. The number of fused-ring (bicyclic) bond motifs is 4. The van der Waals surface area contributed by atoms with Crippen LogP contribution in [0.25, 0.3) is 5.69 Å². The van der Waals surface area contributed by atoms with E-state index >= 15 is 4.79 Å². The third-order valence-electron chi connectivity index (χ3n) is 16.0. The van der Waals surface area contributed by atoms with Gasteiger partial charge < -0.3 is 43.2 Å². The number of rotatable bonds is 19. The van der Waals surface area contributed by atoms with Gasteiger partial charge >= 0.3 is 0 Å². The quantitative estimate of drug-likeness (QED) is 0.0889. The van der Waals surface area contributed by atoms with Crippen molar-refractivity contribution in [2.24, 2.45) is 18.9 Å². The molecule has 75 heavy (non-hydrogen) atoms. The minimum atomic E-state index is -4.06. The van der Waals surface area contributed by atoms with E-state index in [9.17, 15) is 18.3 Å². The van der Waals surface area contributed by atoms with Crippen LogP contribution in [0.5, 0.6) is 28.7 Å². The molecule has 17 nitrogen and oxygen atoms in total. The summed E-state index contributed by atoms with van der Waals surface area (Å²) in [6.45, 7) is 5.51. The van der Waals surface area contributed by atoms with Crippen LogP contribution < -0.4 is 29.2 Å². The molecule has 402 valence electrons. The molecule has 4 aliphatic heterocycles. The lowest BCUT2D eigenvalue weighted by atomic mass is 9.72. The van der Waals surface area contributed by atoms with Gasteiger partial charge in [-0.2, -0.15) is 4.31 Å². The van der Waals surface area contributed by atoms with Crippen LogP contribution >= 0.6 is 0 Å². The fourth-order valence-electron chi connectivity index (χ4n) is 12.0. The van der Waals surface area contributed by atoms with E-state index in [0.717, 1.165) is 53.5 Å². The smallest absolute Gasteiger partial charge is 0.289 e. The Labute approximate surface area is 440 Å². The van der Waals surface area contributed by atoms with Crippen LogP contribution in [0.15, 0.2) is 100 Å². The molecular weight excluding hydrogens is 979 g/mol. The highest BCUT2D eigenvalue weighted by molar-refractivity contribution is 7.89. The summed E-state index contributed by atoms with van der Waals surface area (Å²) >= 11 is 0. The fourth-order valence-corrected chi connectivity index (χ4v) is 13.4. The van der Waals surface area contributed by atoms with Crippen LogP contribution in [0.2, 0.25) is 0 Å². The van der Waals surface area contributed by atoms with Gasteiger partial charge in [-0.3, -0.25) is 19.2 Å². The average molecular weight is 1050 g/mol. The zero-order chi connectivity index (χ0) is 53.1. The van der Waals surface area contributed by atoms with Crippen LogP contribution in [0, 0.1) is 18.8 Å². The molecule has 9 rings (SSSR count). The minimum absolute atomic E-state index is 0.0322. The van der Waals surface area contributed by atoms with Crippen molar-refractivity contribution >= 4 is 15.9 Å². The van der Waals surface area contributed by atoms with E-state index in [0.29, 0.717) is 65.2 Å². The Morgan fingerprint density at radius 3 is 2.08 bits per heavy atom. The summed E-state index contributed by atoms with van der Waals surface area (Å²) in [5, 5.41) is 10.0. The number of sulfonamides is 1. The number of amides is 1. The lowest BCUT2D eigenvalue weighted by molar-refractivity contribution is -0.155. The van der Waals surface area contributed by atoms with E-state index in [4.69, 9.17) is 33.2 Å². The van der Waals surface area contributed by atoms with Gasteiger partial charge in [0.05, 0.1) is 65.4 Å². The molecule has 5 aromatic rings. The van der Waals surface area contributed by atoms with Crippen LogP contribution in [0.1, 0.15) is 84.1 Å². The van der Waals surface area contributed by atoms with E-state index in [2.05, 4.69) is 24.0 Å². The summed E-state index contributed by atoms with van der Waals surface area (Å²) in [5.74, 6) is 2.75. The van der Waals surface area contributed by atoms with Crippen molar-refractivity contribution in [1.29, 1.82) is 0 Å². The highest BCUT2D eigenvalue weighted by atomic mass is 32.2. The Balaban J connectivity index is 1.07. The maximum Gasteiger partial charge on any atom is 0.289 e. The summed E-state index contributed by atoms with van der Waals surface area (Å²) in [6.07, 6.45) is 4.85. The normalized spacial score (nSPS) is 21.6. The second-order valence-corrected chi connectivity index (χ2v) is 21.7. The van der Waals surface area contributed by atoms with Crippen molar-refractivity contribution in [1.82, 2.24) is 23.5 Å². The number of carbonyl (C=O) groups excluding carboxylic acids is 1. The zero-order valence-electron chi connectivity index (χ0n) is 44.3. The molecule has 0 bridgehead atoms. The first-order valence-electron chi connectivity index (χ1n) is 25.9. The number of methoxy groups -OCH3 is 5. The van der Waals surface area contributed by atoms with E-state index in [1.54, 1.807) is 51.3 Å². The Morgan fingerprint density at radius 1 is 0.800 bits per heavy atom. The SMILES string of the molecule is CCC1CN2CCc3cc(OC)c(OC)cc3C2CC1CC1c2cc(OC)c(OC)cc2CCN1C(=O)C1=C[C@H](c2c(C)n(C)n(-c3ccccc3)c2=O)CC(OCCN(CCO)S(=O)(=O)c2ccc(OC)cc2)O1. The highest BCUT2D eigenvalue weighted by Gasteiger charge is 2.44. The molecule has 1 N–H and O–H groups in total. The van der Waals surface area contributed by atoms with Crippen molar-refractivity contribution in [2.75, 3.05) is 81.5 Å². The first-order valence-corrected chi connectivity index (χ1v) is 27.3. The molecule has 1 aromatic heterocycles. The summed E-state index contributed by atoms with van der Waals surface area (Å²) in [5.41, 5.74) is 6.21. The summed E-state index contributed by atoms with van der Waals surface area (Å²) in [4.78, 5) is 35.0. The van der Waals surface area contributed by atoms with Crippen molar-refractivity contribution in [2.45, 2.75) is 81.6 Å². The Morgan fingerprint density at radius 2 is 1.44 bits per heavy atom. The Kier molecular flexibility index (Phi) is 16.3. The van der Waals surface area contributed by atoms with Crippen molar-refractivity contribution in [3.05, 3.63) is 135 Å². The summed E-state index contributed by atoms with van der Waals surface area (Å²) in [6, 6.07) is 23.5. The van der Waals surface area contributed by atoms with Crippen molar-refractivity contribution < 1.29 is 51.5 Å². The van der Waals surface area contributed by atoms with E-state index < -0.39 is 34.9 Å². The standard InChI is InChI=1S/C57H71N5O12S/c1-9-37-35-59-21-19-38-29-49(69-5)51(71-7)33-45(38)47(59)27-40(37)28-48-46-34-52(72-8)50(70-6)30-39(46)20-22-61(48)56(64)53-31-41(55-36(2)58(3)62(57(55)65)42-13-11-10-12-14-42)32-54(74-53)73-26-24-60(23-25-63)75(66,67)44-17-15-43(68-4)16-18-44/h10-18,29-31,33-34,37,40-41,47-48,54,63H,9,19-28,32,35H2,1-8H3/t37?,40?,41-,47?,48?,54?/m0/s1. The van der Waals surface area contributed by atoms with Crippen LogP contribution in [0.4, 0.5) is 0 Å². The van der Waals surface area contributed by atoms with Gasteiger partial charge in [0.25, 0.3) is 11.5 Å². The monoisotopic (exact) mass is 1050 g/mol. The number of piperidine rings is 1. The lowest BCUT2D eigenvalue weighted by Crippen LogP contribution is -2.48. The predicted molar refractivity (Wildman–Crippen MR) is 283 cm³/mol. The summed E-state index contributed by atoms with van der Waals surface area (Å²) < 4.78 is 73.9. The number of aliphatic hydroxyl groups excluding tert-OH is 1. The van der Waals surface area contributed by atoms with Gasteiger partial charge in [-0.1, -0.05) is 31.5 Å². The molecule has 0 spiro atoms. The van der Waals surface area contributed by atoms with E-state index in [-0.39, 0.29) is 60.2 Å². The molecular formula is C57H71N5O12S. The third-order valence-corrected chi connectivity index (χ3v) is 17.9. The number of benzene rings is 4. The zero-order valence-corrected chi connectivity index (χ0v) is 45.1. The van der Waals surface area contributed by atoms with Gasteiger partial charge in [-0.05, 0) is 133 Å². The van der Waals surface area contributed by atoms with Gasteiger partial charge in [-0.15, -0.1) is 0 Å². The topological polar surface area (TPSA) is 173 Å². The van der Waals surface area contributed by atoms with Crippen molar-refractivity contribution in [3.63, 3.8) is 0 Å². The van der Waals surface area contributed by atoms with Crippen LogP contribution in [0.3, 0.4) is 0 Å². The average Bonchev–Trinajstić information content (AvgIpc) is 3.67. The number of carbonyl (C=O) groups is 1. The predicted octanol–water partition coefficient (Wildman–Crippen LogP) is 7.10. The van der Waals surface area contributed by atoms with E-state index in [1.807, 2.05) is 66.0 Å². The molecule has 0 saturated carbocycles. The number of allylic oxidation sites excluding steroid dienone is 1. The number of aliphatic hydroxyl groups is 1. The van der Waals surface area contributed by atoms with Crippen LogP contribution in [-0.4, -0.2) is 131 Å². The number of aromatic nitrogens is 2. The molecule has 1 fully saturated rings. The Hall–Kier alpha value is -6.31. The highest BCUT2D eigenvalue weighted by Crippen LogP contribution is 2.50. The van der Waals surface area contributed by atoms with Gasteiger partial charge in [0, 0.05) is 69.4 Å². The second kappa shape index (κ2) is 22.9. The second-order valence-electron chi connectivity index (χ2n) is 19.8. The number of hydrogen-bond acceptors (Lipinski definition) is 13. The molecule has 5 unspecified atom stereocenters. The van der Waals surface area contributed by atoms with E-state index in [1.165, 1.54) is 30.4 Å². The summed E-state index contributed by atoms with van der Waals surface area (Å²) in [7, 11) is 5.86. The molecule has 6 atom stereocenters. The molecule has 1 saturated heterocycles. The van der Waals surface area contributed by atoms with Gasteiger partial charge in [0.1, 0.15) is 5.75 Å². The number of para-hydroxylation sites is 1.